The molecule has 0 aromatic rings. The fourth-order valence-electron chi connectivity index (χ4n) is 3.12. The van der Waals surface area contributed by atoms with E-state index in [2.05, 4.69) is 20.8 Å². The number of esters is 2. The van der Waals surface area contributed by atoms with E-state index in [4.69, 9.17) is 9.47 Å². The van der Waals surface area contributed by atoms with Crippen molar-refractivity contribution in [3.63, 3.8) is 0 Å². The van der Waals surface area contributed by atoms with Crippen molar-refractivity contribution >= 4 is 11.9 Å². The van der Waals surface area contributed by atoms with Gasteiger partial charge in [0, 0.05) is 5.92 Å². The van der Waals surface area contributed by atoms with Crippen LogP contribution < -0.4 is 0 Å². The van der Waals surface area contributed by atoms with E-state index in [1.807, 2.05) is 0 Å². The molecule has 4 heteroatoms. The molecule has 2 fully saturated rings. The smallest absolute Gasteiger partial charge is 0.323 e. The summed E-state index contributed by atoms with van der Waals surface area (Å²) in [4.78, 5) is 23.9. The van der Waals surface area contributed by atoms with Gasteiger partial charge in [-0.25, -0.2) is 0 Å². The maximum Gasteiger partial charge on any atom is 0.323 e. The molecular weight excluding hydrogens is 220 g/mol. The van der Waals surface area contributed by atoms with E-state index >= 15 is 0 Å². The van der Waals surface area contributed by atoms with Crippen LogP contribution in [0.2, 0.25) is 0 Å². The molecule has 17 heavy (non-hydrogen) atoms. The molecule has 1 aliphatic carbocycles. The molecule has 0 aromatic heterocycles. The van der Waals surface area contributed by atoms with Crippen LogP contribution in [-0.2, 0) is 19.1 Å². The van der Waals surface area contributed by atoms with E-state index in [9.17, 15) is 9.59 Å². The van der Waals surface area contributed by atoms with Crippen LogP contribution >= 0.6 is 0 Å². The van der Waals surface area contributed by atoms with Crippen molar-refractivity contribution in [3.8, 4) is 0 Å². The fraction of sp³-hybridized carbons (Fsp3) is 0.846. The molecule has 0 unspecified atom stereocenters. The first-order valence-electron chi connectivity index (χ1n) is 6.08. The average Bonchev–Trinajstić information content (AvgIpc) is 2.76. The fourth-order valence-corrected chi connectivity index (χ4v) is 3.12. The van der Waals surface area contributed by atoms with Crippen molar-refractivity contribution in [2.75, 3.05) is 13.7 Å². The minimum Gasteiger partial charge on any atom is -0.468 e. The summed E-state index contributed by atoms with van der Waals surface area (Å²) in [6.45, 7) is 6.81. The van der Waals surface area contributed by atoms with Crippen LogP contribution in [0.5, 0.6) is 0 Å². The van der Waals surface area contributed by atoms with Crippen molar-refractivity contribution in [1.29, 1.82) is 0 Å². The number of hydrogen-bond acceptors (Lipinski definition) is 4. The molecule has 0 spiro atoms. The number of rotatable bonds is 1. The Hall–Kier alpha value is -1.06. The number of ether oxygens (including phenoxy) is 2. The van der Waals surface area contributed by atoms with Gasteiger partial charge in [0.1, 0.15) is 0 Å². The van der Waals surface area contributed by atoms with Crippen LogP contribution in [0.3, 0.4) is 0 Å². The van der Waals surface area contributed by atoms with Crippen LogP contribution in [0.15, 0.2) is 0 Å². The van der Waals surface area contributed by atoms with Crippen LogP contribution in [0.4, 0.5) is 0 Å². The van der Waals surface area contributed by atoms with Crippen LogP contribution in [0.1, 0.15) is 33.6 Å². The van der Waals surface area contributed by atoms with E-state index in [1.165, 1.54) is 7.11 Å². The summed E-state index contributed by atoms with van der Waals surface area (Å²) in [6, 6.07) is 0. The SMILES string of the molecule is COC(=O)[C@@]12C[C@H](C(C)(C)C)C[C@@H]1COC2=O. The van der Waals surface area contributed by atoms with Crippen molar-refractivity contribution in [3.05, 3.63) is 0 Å². The van der Waals surface area contributed by atoms with E-state index in [1.54, 1.807) is 0 Å². The molecule has 0 radical (unpaired) electrons. The van der Waals surface area contributed by atoms with Crippen LogP contribution in [0, 0.1) is 22.7 Å². The Bertz CT molecular complexity index is 355. The Morgan fingerprint density at radius 3 is 2.65 bits per heavy atom. The zero-order chi connectivity index (χ0) is 12.8. The van der Waals surface area contributed by atoms with Gasteiger partial charge >= 0.3 is 11.9 Å². The number of methoxy groups -OCH3 is 1. The third-order valence-corrected chi connectivity index (χ3v) is 4.39. The summed E-state index contributed by atoms with van der Waals surface area (Å²) in [7, 11) is 1.34. The topological polar surface area (TPSA) is 52.6 Å². The number of fused-ring (bicyclic) bond motifs is 1. The normalized spacial score (nSPS) is 36.6. The second-order valence-corrected chi connectivity index (χ2v) is 6.26. The molecule has 1 saturated carbocycles. The summed E-state index contributed by atoms with van der Waals surface area (Å²) in [5.41, 5.74) is -0.918. The summed E-state index contributed by atoms with van der Waals surface area (Å²) < 4.78 is 9.90. The molecule has 2 rings (SSSR count). The second kappa shape index (κ2) is 3.72. The van der Waals surface area contributed by atoms with E-state index in [-0.39, 0.29) is 17.3 Å². The summed E-state index contributed by atoms with van der Waals surface area (Å²) in [5.74, 6) is -0.455. The summed E-state index contributed by atoms with van der Waals surface area (Å²) in [5, 5.41) is 0. The predicted octanol–water partition coefficient (Wildman–Crippen LogP) is 1.77. The third kappa shape index (κ3) is 1.65. The molecule has 1 saturated heterocycles. The van der Waals surface area contributed by atoms with E-state index in [0.717, 1.165) is 6.42 Å². The molecule has 1 heterocycles. The molecule has 0 amide bonds. The van der Waals surface area contributed by atoms with Gasteiger partial charge in [0.05, 0.1) is 13.7 Å². The van der Waals surface area contributed by atoms with Gasteiger partial charge in [-0.2, -0.15) is 0 Å². The molecule has 0 aromatic carbocycles. The Morgan fingerprint density at radius 1 is 1.47 bits per heavy atom. The lowest BCUT2D eigenvalue weighted by molar-refractivity contribution is -0.164. The highest BCUT2D eigenvalue weighted by Gasteiger charge is 2.64. The van der Waals surface area contributed by atoms with Gasteiger partial charge in [-0.3, -0.25) is 9.59 Å². The molecule has 0 bridgehead atoms. The molecule has 0 N–H and O–H groups in total. The molecular formula is C13H20O4. The lowest BCUT2D eigenvalue weighted by Gasteiger charge is -2.28. The summed E-state index contributed by atoms with van der Waals surface area (Å²) in [6.07, 6.45) is 1.43. The first-order chi connectivity index (χ1) is 7.82. The minimum absolute atomic E-state index is 0.00771. The maximum absolute atomic E-state index is 12.0. The number of carbonyl (C=O) groups is 2. The van der Waals surface area contributed by atoms with Crippen molar-refractivity contribution in [1.82, 2.24) is 0 Å². The van der Waals surface area contributed by atoms with Gasteiger partial charge in [-0.05, 0) is 24.2 Å². The monoisotopic (exact) mass is 240 g/mol. The molecule has 96 valence electrons. The van der Waals surface area contributed by atoms with Gasteiger partial charge in [0.15, 0.2) is 5.41 Å². The van der Waals surface area contributed by atoms with Crippen LogP contribution in [0.25, 0.3) is 0 Å². The Kier molecular flexibility index (Phi) is 2.71. The highest BCUT2D eigenvalue weighted by Crippen LogP contribution is 2.56. The largest absolute Gasteiger partial charge is 0.468 e. The standard InChI is InChI=1S/C13H20O4/c1-12(2,3)8-5-9-7-17-11(15)13(9,6-8)10(14)16-4/h8-9H,5-7H2,1-4H3/t8-,9-,13-/m1/s1. The van der Waals surface area contributed by atoms with Gasteiger partial charge in [0.2, 0.25) is 0 Å². The van der Waals surface area contributed by atoms with E-state index in [0.29, 0.717) is 18.9 Å². The zero-order valence-electron chi connectivity index (χ0n) is 10.9. The average molecular weight is 240 g/mol. The quantitative estimate of drug-likeness (QED) is 0.518. The number of carbonyl (C=O) groups excluding carboxylic acids is 2. The van der Waals surface area contributed by atoms with Gasteiger partial charge in [-0.15, -0.1) is 0 Å². The summed E-state index contributed by atoms with van der Waals surface area (Å²) >= 11 is 0. The minimum atomic E-state index is -1.02. The Balaban J connectivity index is 2.33. The molecule has 1 aliphatic heterocycles. The molecule has 4 nitrogen and oxygen atoms in total. The van der Waals surface area contributed by atoms with Crippen molar-refractivity contribution in [2.45, 2.75) is 33.6 Å². The highest BCUT2D eigenvalue weighted by atomic mass is 16.6. The molecule has 3 atom stereocenters. The Labute approximate surface area is 102 Å². The first-order valence-corrected chi connectivity index (χ1v) is 6.08. The van der Waals surface area contributed by atoms with Gasteiger partial charge in [-0.1, -0.05) is 20.8 Å². The Morgan fingerprint density at radius 2 is 2.12 bits per heavy atom. The second-order valence-electron chi connectivity index (χ2n) is 6.26. The maximum atomic E-state index is 12.0. The molecule has 2 aliphatic rings. The van der Waals surface area contributed by atoms with Crippen LogP contribution in [-0.4, -0.2) is 25.7 Å². The predicted molar refractivity (Wildman–Crippen MR) is 61.1 cm³/mol. The lowest BCUT2D eigenvalue weighted by atomic mass is 9.76. The third-order valence-electron chi connectivity index (χ3n) is 4.39. The lowest BCUT2D eigenvalue weighted by Crippen LogP contribution is -2.39. The van der Waals surface area contributed by atoms with E-state index < -0.39 is 11.4 Å². The number of cyclic esters (lactones) is 1. The highest BCUT2D eigenvalue weighted by molar-refractivity contribution is 6.02. The zero-order valence-corrected chi connectivity index (χ0v) is 10.9. The number of hydrogen-bond donors (Lipinski definition) is 0. The van der Waals surface area contributed by atoms with Gasteiger partial charge < -0.3 is 9.47 Å². The van der Waals surface area contributed by atoms with Gasteiger partial charge in [0.25, 0.3) is 0 Å². The van der Waals surface area contributed by atoms with Crippen molar-refractivity contribution in [2.24, 2.45) is 22.7 Å². The van der Waals surface area contributed by atoms with Crippen molar-refractivity contribution < 1.29 is 19.1 Å². The first kappa shape index (κ1) is 12.4.